The van der Waals surface area contributed by atoms with Crippen LogP contribution in [-0.4, -0.2) is 31.3 Å². The summed E-state index contributed by atoms with van der Waals surface area (Å²) in [6, 6.07) is 6.94. The van der Waals surface area contributed by atoms with E-state index < -0.39 is 0 Å². The van der Waals surface area contributed by atoms with Crippen molar-refractivity contribution in [1.82, 2.24) is 5.32 Å². The first-order chi connectivity index (χ1) is 8.74. The summed E-state index contributed by atoms with van der Waals surface area (Å²) in [5.74, 6) is 0. The third kappa shape index (κ3) is 3.03. The third-order valence-corrected chi connectivity index (χ3v) is 3.80. The van der Waals surface area contributed by atoms with Gasteiger partial charge in [-0.05, 0) is 36.5 Å². The van der Waals surface area contributed by atoms with Crippen LogP contribution >= 0.6 is 0 Å². The molecular formula is C15H24N2O. The fourth-order valence-corrected chi connectivity index (χ4v) is 2.55. The lowest BCUT2D eigenvalue weighted by molar-refractivity contribution is 0.238. The SMILES string of the molecule is CC[C@H](CO)NCc1ccc2c(c1)CCCN2C. The van der Waals surface area contributed by atoms with Gasteiger partial charge in [-0.2, -0.15) is 0 Å². The highest BCUT2D eigenvalue weighted by molar-refractivity contribution is 5.56. The molecule has 1 heterocycles. The molecule has 0 aromatic heterocycles. The van der Waals surface area contributed by atoms with Gasteiger partial charge < -0.3 is 15.3 Å². The Morgan fingerprint density at radius 1 is 1.44 bits per heavy atom. The topological polar surface area (TPSA) is 35.5 Å². The normalized spacial score (nSPS) is 16.5. The molecule has 0 aliphatic carbocycles. The molecule has 2 rings (SSSR count). The second-order valence-electron chi connectivity index (χ2n) is 5.16. The highest BCUT2D eigenvalue weighted by atomic mass is 16.3. The zero-order valence-electron chi connectivity index (χ0n) is 11.4. The molecule has 1 aromatic carbocycles. The van der Waals surface area contributed by atoms with Crippen LogP contribution in [0.2, 0.25) is 0 Å². The summed E-state index contributed by atoms with van der Waals surface area (Å²) in [4.78, 5) is 2.33. The van der Waals surface area contributed by atoms with Crippen molar-refractivity contribution in [2.75, 3.05) is 25.1 Å². The summed E-state index contributed by atoms with van der Waals surface area (Å²) in [7, 11) is 2.16. The average molecular weight is 248 g/mol. The van der Waals surface area contributed by atoms with E-state index in [0.717, 1.165) is 19.5 Å². The zero-order chi connectivity index (χ0) is 13.0. The van der Waals surface area contributed by atoms with Gasteiger partial charge in [-0.1, -0.05) is 19.1 Å². The van der Waals surface area contributed by atoms with Gasteiger partial charge in [0.2, 0.25) is 0 Å². The van der Waals surface area contributed by atoms with Gasteiger partial charge >= 0.3 is 0 Å². The van der Waals surface area contributed by atoms with Crippen LogP contribution in [0, 0.1) is 0 Å². The monoisotopic (exact) mass is 248 g/mol. The Morgan fingerprint density at radius 2 is 2.28 bits per heavy atom. The molecule has 1 aliphatic heterocycles. The lowest BCUT2D eigenvalue weighted by Gasteiger charge is -2.28. The van der Waals surface area contributed by atoms with Crippen molar-refractivity contribution in [2.24, 2.45) is 0 Å². The second kappa shape index (κ2) is 6.21. The molecule has 1 atom stereocenters. The molecule has 3 nitrogen and oxygen atoms in total. The van der Waals surface area contributed by atoms with Crippen LogP contribution in [0.5, 0.6) is 0 Å². The number of hydrogen-bond donors (Lipinski definition) is 2. The molecule has 0 spiro atoms. The standard InChI is InChI=1S/C15H24N2O/c1-3-14(11-18)16-10-12-6-7-15-13(9-12)5-4-8-17(15)2/h6-7,9,14,16,18H,3-5,8,10-11H2,1-2H3/t14-/m1/s1. The fraction of sp³-hybridized carbons (Fsp3) is 0.600. The molecule has 0 fully saturated rings. The Hall–Kier alpha value is -1.06. The molecule has 3 heteroatoms. The zero-order valence-corrected chi connectivity index (χ0v) is 11.4. The smallest absolute Gasteiger partial charge is 0.0584 e. The minimum Gasteiger partial charge on any atom is -0.395 e. The van der Waals surface area contributed by atoms with Crippen molar-refractivity contribution in [3.05, 3.63) is 29.3 Å². The number of fused-ring (bicyclic) bond motifs is 1. The van der Waals surface area contributed by atoms with Crippen molar-refractivity contribution < 1.29 is 5.11 Å². The average Bonchev–Trinajstić information content (AvgIpc) is 2.40. The summed E-state index contributed by atoms with van der Waals surface area (Å²) >= 11 is 0. The first-order valence-corrected chi connectivity index (χ1v) is 6.91. The molecule has 2 N–H and O–H groups in total. The van der Waals surface area contributed by atoms with Crippen LogP contribution in [0.3, 0.4) is 0 Å². The summed E-state index contributed by atoms with van der Waals surface area (Å²) < 4.78 is 0. The number of aryl methyl sites for hydroxylation is 1. The number of nitrogens with zero attached hydrogens (tertiary/aromatic N) is 1. The van der Waals surface area contributed by atoms with E-state index in [1.807, 2.05) is 0 Å². The number of aliphatic hydroxyl groups is 1. The Morgan fingerprint density at radius 3 is 3.00 bits per heavy atom. The van der Waals surface area contributed by atoms with Gasteiger partial charge in [0, 0.05) is 31.9 Å². The quantitative estimate of drug-likeness (QED) is 0.836. The van der Waals surface area contributed by atoms with Gasteiger partial charge in [-0.3, -0.25) is 0 Å². The third-order valence-electron chi connectivity index (χ3n) is 3.80. The van der Waals surface area contributed by atoms with E-state index in [2.05, 4.69) is 42.4 Å². The minimum atomic E-state index is 0.212. The van der Waals surface area contributed by atoms with Crippen LogP contribution in [-0.2, 0) is 13.0 Å². The van der Waals surface area contributed by atoms with Crippen LogP contribution in [0.25, 0.3) is 0 Å². The molecule has 0 saturated carbocycles. The molecule has 18 heavy (non-hydrogen) atoms. The van der Waals surface area contributed by atoms with E-state index in [1.165, 1.54) is 29.7 Å². The predicted octanol–water partition coefficient (Wildman–Crippen LogP) is 1.93. The van der Waals surface area contributed by atoms with E-state index in [-0.39, 0.29) is 12.6 Å². The number of rotatable bonds is 5. The van der Waals surface area contributed by atoms with Gasteiger partial charge in [0.15, 0.2) is 0 Å². The first kappa shape index (κ1) is 13.4. The maximum Gasteiger partial charge on any atom is 0.0584 e. The van der Waals surface area contributed by atoms with Crippen molar-refractivity contribution in [3.63, 3.8) is 0 Å². The first-order valence-electron chi connectivity index (χ1n) is 6.91. The van der Waals surface area contributed by atoms with E-state index in [4.69, 9.17) is 5.11 Å². The molecule has 0 unspecified atom stereocenters. The Bertz CT molecular complexity index is 388. The van der Waals surface area contributed by atoms with Gasteiger partial charge in [0.05, 0.1) is 6.61 Å². The number of anilines is 1. The summed E-state index contributed by atoms with van der Waals surface area (Å²) in [6.45, 7) is 4.31. The van der Waals surface area contributed by atoms with Gasteiger partial charge in [-0.15, -0.1) is 0 Å². The van der Waals surface area contributed by atoms with Crippen LogP contribution < -0.4 is 10.2 Å². The van der Waals surface area contributed by atoms with Crippen molar-refractivity contribution in [1.29, 1.82) is 0 Å². The molecule has 0 radical (unpaired) electrons. The van der Waals surface area contributed by atoms with Gasteiger partial charge in [-0.25, -0.2) is 0 Å². The van der Waals surface area contributed by atoms with E-state index in [0.29, 0.717) is 0 Å². The van der Waals surface area contributed by atoms with Gasteiger partial charge in [0.25, 0.3) is 0 Å². The maximum atomic E-state index is 9.16. The summed E-state index contributed by atoms with van der Waals surface area (Å²) in [5.41, 5.74) is 4.15. The minimum absolute atomic E-state index is 0.212. The fourth-order valence-electron chi connectivity index (χ4n) is 2.55. The number of nitrogens with one attached hydrogen (secondary N) is 1. The molecule has 0 amide bonds. The summed E-state index contributed by atoms with van der Waals surface area (Å²) in [6.07, 6.45) is 3.39. The number of hydrogen-bond acceptors (Lipinski definition) is 3. The van der Waals surface area contributed by atoms with Crippen molar-refractivity contribution in [2.45, 2.75) is 38.8 Å². The van der Waals surface area contributed by atoms with Crippen LogP contribution in [0.15, 0.2) is 18.2 Å². The van der Waals surface area contributed by atoms with Crippen molar-refractivity contribution >= 4 is 5.69 Å². The van der Waals surface area contributed by atoms with Gasteiger partial charge in [0.1, 0.15) is 0 Å². The molecule has 0 bridgehead atoms. The maximum absolute atomic E-state index is 9.16. The predicted molar refractivity (Wildman–Crippen MR) is 76.0 cm³/mol. The molecular weight excluding hydrogens is 224 g/mol. The van der Waals surface area contributed by atoms with E-state index >= 15 is 0 Å². The van der Waals surface area contributed by atoms with Crippen LogP contribution in [0.1, 0.15) is 30.9 Å². The molecule has 1 aliphatic rings. The largest absolute Gasteiger partial charge is 0.395 e. The molecule has 100 valence electrons. The molecule has 1 aromatic rings. The number of benzene rings is 1. The molecule has 0 saturated heterocycles. The summed E-state index contributed by atoms with van der Waals surface area (Å²) in [5, 5.41) is 12.6. The Kier molecular flexibility index (Phi) is 4.61. The second-order valence-corrected chi connectivity index (χ2v) is 5.16. The number of aliphatic hydroxyl groups excluding tert-OH is 1. The Balaban J connectivity index is 2.02. The highest BCUT2D eigenvalue weighted by Crippen LogP contribution is 2.26. The van der Waals surface area contributed by atoms with E-state index in [9.17, 15) is 0 Å². The van der Waals surface area contributed by atoms with Crippen molar-refractivity contribution in [3.8, 4) is 0 Å². The Labute approximate surface area is 110 Å². The lowest BCUT2D eigenvalue weighted by Crippen LogP contribution is -2.31. The lowest BCUT2D eigenvalue weighted by atomic mass is 9.99. The highest BCUT2D eigenvalue weighted by Gasteiger charge is 2.13. The van der Waals surface area contributed by atoms with E-state index in [1.54, 1.807) is 0 Å². The van der Waals surface area contributed by atoms with Crippen LogP contribution in [0.4, 0.5) is 5.69 Å².